The molecule has 0 unspecified atom stereocenters. The number of aliphatic carboxylic acids is 1. The highest BCUT2D eigenvalue weighted by Gasteiger charge is 2.26. The third-order valence-corrected chi connectivity index (χ3v) is 6.89. The Hall–Kier alpha value is -4.05. The number of carbonyl (C=O) groups is 1. The highest BCUT2D eigenvalue weighted by molar-refractivity contribution is 9.10. The van der Waals surface area contributed by atoms with Crippen LogP contribution in [0.15, 0.2) is 53.3 Å². The molecular formula is C24H18BrN5O4. The molecule has 0 saturated carbocycles. The molecule has 3 aromatic heterocycles. The van der Waals surface area contributed by atoms with Crippen molar-refractivity contribution in [2.45, 2.75) is 13.3 Å². The summed E-state index contributed by atoms with van der Waals surface area (Å²) in [6.07, 6.45) is 3.17. The Morgan fingerprint density at radius 3 is 2.76 bits per heavy atom. The van der Waals surface area contributed by atoms with Crippen molar-refractivity contribution in [2.24, 2.45) is 7.05 Å². The first-order chi connectivity index (χ1) is 16.2. The second-order valence-electron chi connectivity index (χ2n) is 8.04. The molecule has 0 amide bonds. The Kier molecular flexibility index (Phi) is 5.17. The number of aryl methyl sites for hydroxylation is 1. The number of carboxylic acid groups (broad SMARTS) is 1. The van der Waals surface area contributed by atoms with E-state index in [0.717, 1.165) is 27.7 Å². The third kappa shape index (κ3) is 3.52. The number of aromatic nitrogens is 4. The van der Waals surface area contributed by atoms with Crippen LogP contribution in [0.3, 0.4) is 0 Å². The van der Waals surface area contributed by atoms with Crippen molar-refractivity contribution in [3.63, 3.8) is 0 Å². The molecule has 0 fully saturated rings. The number of nitrogens with zero attached hydrogens (tertiary/aromatic N) is 4. The molecule has 9 nitrogen and oxygen atoms in total. The zero-order chi connectivity index (χ0) is 24.1. The van der Waals surface area contributed by atoms with Gasteiger partial charge in [0.2, 0.25) is 0 Å². The number of H-pyrrole nitrogens is 1. The van der Waals surface area contributed by atoms with Crippen LogP contribution in [0.25, 0.3) is 44.3 Å². The Balaban J connectivity index is 1.66. The average Bonchev–Trinajstić information content (AvgIpc) is 3.40. The van der Waals surface area contributed by atoms with Crippen molar-refractivity contribution in [3.05, 3.63) is 74.5 Å². The number of nitrogens with one attached hydrogen (secondary N) is 1. The maximum Gasteiger partial charge on any atom is 0.307 e. The smallest absolute Gasteiger partial charge is 0.307 e. The highest BCUT2D eigenvalue weighted by atomic mass is 79.9. The molecule has 10 heteroatoms. The van der Waals surface area contributed by atoms with Crippen LogP contribution in [-0.2, 0) is 18.3 Å². The number of hydrogen-bond donors (Lipinski definition) is 2. The van der Waals surface area contributed by atoms with E-state index in [9.17, 15) is 20.0 Å². The minimum Gasteiger partial charge on any atom is -0.481 e. The minimum atomic E-state index is -1.06. The Labute approximate surface area is 201 Å². The molecule has 0 spiro atoms. The lowest BCUT2D eigenvalue weighted by molar-refractivity contribution is -0.383. The molecule has 170 valence electrons. The summed E-state index contributed by atoms with van der Waals surface area (Å²) < 4.78 is 2.34. The largest absolute Gasteiger partial charge is 0.481 e. The van der Waals surface area contributed by atoms with Crippen molar-refractivity contribution in [3.8, 4) is 22.5 Å². The molecule has 5 aromatic rings. The van der Waals surface area contributed by atoms with Crippen LogP contribution >= 0.6 is 15.9 Å². The molecule has 0 atom stereocenters. The summed E-state index contributed by atoms with van der Waals surface area (Å²) in [5.41, 5.74) is 5.06. The van der Waals surface area contributed by atoms with Crippen LogP contribution in [0, 0.1) is 17.0 Å². The molecule has 2 N–H and O–H groups in total. The fourth-order valence-electron chi connectivity index (χ4n) is 4.30. The van der Waals surface area contributed by atoms with Crippen molar-refractivity contribution in [1.82, 2.24) is 19.7 Å². The first-order valence-corrected chi connectivity index (χ1v) is 11.1. The van der Waals surface area contributed by atoms with Gasteiger partial charge in [0.15, 0.2) is 0 Å². The Morgan fingerprint density at radius 2 is 2.03 bits per heavy atom. The second-order valence-corrected chi connectivity index (χ2v) is 8.83. The molecule has 3 heterocycles. The van der Waals surface area contributed by atoms with Gasteiger partial charge in [-0.1, -0.05) is 6.07 Å². The lowest BCUT2D eigenvalue weighted by Crippen LogP contribution is -2.06. The predicted molar refractivity (Wildman–Crippen MR) is 132 cm³/mol. The van der Waals surface area contributed by atoms with E-state index in [1.54, 1.807) is 30.1 Å². The summed E-state index contributed by atoms with van der Waals surface area (Å²) in [4.78, 5) is 30.4. The van der Waals surface area contributed by atoms with Crippen LogP contribution in [0.5, 0.6) is 0 Å². The van der Waals surface area contributed by atoms with Crippen molar-refractivity contribution in [2.75, 3.05) is 0 Å². The van der Waals surface area contributed by atoms with Crippen LogP contribution in [0.4, 0.5) is 5.69 Å². The van der Waals surface area contributed by atoms with Gasteiger partial charge in [0.1, 0.15) is 5.52 Å². The number of fused-ring (bicyclic) bond motifs is 2. The summed E-state index contributed by atoms with van der Waals surface area (Å²) in [6, 6.07) is 11.5. The van der Waals surface area contributed by atoms with E-state index in [0.29, 0.717) is 32.2 Å². The van der Waals surface area contributed by atoms with Gasteiger partial charge in [0, 0.05) is 50.9 Å². The zero-order valence-corrected chi connectivity index (χ0v) is 19.8. The van der Waals surface area contributed by atoms with Gasteiger partial charge in [-0.2, -0.15) is 5.10 Å². The highest BCUT2D eigenvalue weighted by Crippen LogP contribution is 2.41. The summed E-state index contributed by atoms with van der Waals surface area (Å²) in [7, 11) is 1.89. The molecule has 2 aromatic carbocycles. The number of nitro benzene ring substituents is 1. The fourth-order valence-corrected chi connectivity index (χ4v) is 5.05. The predicted octanol–water partition coefficient (Wildman–Crippen LogP) is 5.39. The number of carboxylic acids is 1. The third-order valence-electron chi connectivity index (χ3n) is 5.99. The summed E-state index contributed by atoms with van der Waals surface area (Å²) in [6.45, 7) is 1.57. The van der Waals surface area contributed by atoms with Crippen LogP contribution in [0.2, 0.25) is 0 Å². The van der Waals surface area contributed by atoms with E-state index in [1.807, 2.05) is 37.4 Å². The minimum absolute atomic E-state index is 0.128. The SMILES string of the molecule is Cc1c(CC(=O)O)c(Br)c2cc(-c3ccnc(-c4ccc5c(cnn5C)c4)c3)[nH]c2c1[N+](=O)[O-]. The van der Waals surface area contributed by atoms with Crippen LogP contribution in [0.1, 0.15) is 11.1 Å². The van der Waals surface area contributed by atoms with E-state index in [-0.39, 0.29) is 12.1 Å². The molecule has 5 rings (SSSR count). The zero-order valence-electron chi connectivity index (χ0n) is 18.2. The summed E-state index contributed by atoms with van der Waals surface area (Å²) in [5, 5.41) is 27.0. The van der Waals surface area contributed by atoms with E-state index in [2.05, 4.69) is 31.0 Å². The topological polar surface area (TPSA) is 127 Å². The van der Waals surface area contributed by atoms with Crippen LogP contribution < -0.4 is 0 Å². The van der Waals surface area contributed by atoms with E-state index >= 15 is 0 Å². The monoisotopic (exact) mass is 519 g/mol. The molecule has 0 bridgehead atoms. The number of rotatable bonds is 5. The maximum absolute atomic E-state index is 11.9. The number of nitro groups is 1. The Morgan fingerprint density at radius 1 is 1.24 bits per heavy atom. The second kappa shape index (κ2) is 8.07. The lowest BCUT2D eigenvalue weighted by Gasteiger charge is -2.09. The van der Waals surface area contributed by atoms with Crippen molar-refractivity contribution < 1.29 is 14.8 Å². The van der Waals surface area contributed by atoms with E-state index in [1.165, 1.54) is 0 Å². The number of benzene rings is 2. The van der Waals surface area contributed by atoms with Gasteiger partial charge in [-0.15, -0.1) is 0 Å². The number of hydrogen-bond acceptors (Lipinski definition) is 5. The summed E-state index contributed by atoms with van der Waals surface area (Å²) in [5.74, 6) is -1.06. The first-order valence-electron chi connectivity index (χ1n) is 10.3. The van der Waals surface area contributed by atoms with Gasteiger partial charge in [-0.3, -0.25) is 24.6 Å². The number of halogens is 1. The standard InChI is InChI=1S/C24H18BrN5O4/c1-12-16(10-21(31)32)22(25)17-9-19(28-23(17)24(12)30(33)34)14-5-6-26-18(8-14)13-3-4-20-15(7-13)11-27-29(20)2/h3-9,11,28H,10H2,1-2H3,(H,31,32). The average molecular weight is 520 g/mol. The van der Waals surface area contributed by atoms with Gasteiger partial charge in [0.25, 0.3) is 5.69 Å². The van der Waals surface area contributed by atoms with Crippen LogP contribution in [-0.4, -0.2) is 35.7 Å². The van der Waals surface area contributed by atoms with E-state index < -0.39 is 10.9 Å². The molecule has 34 heavy (non-hydrogen) atoms. The molecule has 0 radical (unpaired) electrons. The molecule has 0 aliphatic carbocycles. The maximum atomic E-state index is 11.9. The van der Waals surface area contributed by atoms with Crippen molar-refractivity contribution in [1.29, 1.82) is 0 Å². The van der Waals surface area contributed by atoms with Gasteiger partial charge < -0.3 is 10.1 Å². The van der Waals surface area contributed by atoms with Crippen molar-refractivity contribution >= 4 is 49.4 Å². The van der Waals surface area contributed by atoms with Gasteiger partial charge in [-0.05, 0) is 58.7 Å². The number of pyridine rings is 1. The molecule has 0 aliphatic rings. The first kappa shape index (κ1) is 21.8. The molecule has 0 saturated heterocycles. The Bertz CT molecular complexity index is 1640. The van der Waals surface area contributed by atoms with E-state index in [4.69, 9.17) is 0 Å². The molecule has 0 aliphatic heterocycles. The quantitative estimate of drug-likeness (QED) is 0.236. The summed E-state index contributed by atoms with van der Waals surface area (Å²) >= 11 is 3.48. The van der Waals surface area contributed by atoms with Gasteiger partial charge in [-0.25, -0.2) is 0 Å². The lowest BCUT2D eigenvalue weighted by atomic mass is 10.0. The van der Waals surface area contributed by atoms with Gasteiger partial charge in [0.05, 0.1) is 28.8 Å². The normalized spacial score (nSPS) is 11.4. The number of aromatic amines is 1. The van der Waals surface area contributed by atoms with Gasteiger partial charge >= 0.3 is 5.97 Å². The molecular weight excluding hydrogens is 502 g/mol. The fraction of sp³-hybridized carbons (Fsp3) is 0.125.